The average molecular weight is 455 g/mol. The van der Waals surface area contributed by atoms with Gasteiger partial charge in [-0.05, 0) is 60.9 Å². The molecule has 0 saturated carbocycles. The first-order valence-corrected chi connectivity index (χ1v) is 11.8. The summed E-state index contributed by atoms with van der Waals surface area (Å²) in [6.45, 7) is 1.37. The molecule has 0 bridgehead atoms. The quantitative estimate of drug-likeness (QED) is 0.543. The zero-order valence-corrected chi connectivity index (χ0v) is 18.1. The summed E-state index contributed by atoms with van der Waals surface area (Å²) in [7, 11) is -3.45. The van der Waals surface area contributed by atoms with Crippen molar-refractivity contribution in [2.24, 2.45) is 0 Å². The molecule has 8 heteroatoms. The lowest BCUT2D eigenvalue weighted by Gasteiger charge is -2.15. The molecule has 1 fully saturated rings. The van der Waals surface area contributed by atoms with Crippen molar-refractivity contribution < 1.29 is 22.0 Å². The highest BCUT2D eigenvalue weighted by Crippen LogP contribution is 2.25. The smallest absolute Gasteiger partial charge is 0.244 e. The van der Waals surface area contributed by atoms with E-state index in [-0.39, 0.29) is 23.2 Å². The summed E-state index contributed by atoms with van der Waals surface area (Å²) in [6, 6.07) is 16.1. The van der Waals surface area contributed by atoms with Crippen molar-refractivity contribution in [3.8, 4) is 11.3 Å². The fraction of sp³-hybridized carbons (Fsp3) is 0.208. The summed E-state index contributed by atoms with van der Waals surface area (Å²) in [4.78, 5) is 12.4. The van der Waals surface area contributed by atoms with Crippen molar-refractivity contribution in [1.29, 1.82) is 0 Å². The van der Waals surface area contributed by atoms with Crippen LogP contribution in [0.1, 0.15) is 24.2 Å². The van der Waals surface area contributed by atoms with E-state index in [2.05, 4.69) is 5.32 Å². The molecule has 4 rings (SSSR count). The summed E-state index contributed by atoms with van der Waals surface area (Å²) in [5.74, 6) is 0.0963. The molecule has 6 nitrogen and oxygen atoms in total. The first-order chi connectivity index (χ1) is 15.4. The number of amides is 1. The number of carbonyl (C=O) groups is 1. The zero-order chi connectivity index (χ0) is 22.6. The standard InChI is InChI=1S/C24H23FN2O4S/c25-22-6-2-1-5-21(22)23-13-9-19(31-23)10-14-24(28)26-17-18-7-11-20(12-8-18)32(29,30)27-15-3-4-16-27/h1-2,5-14H,3-4,15-17H2,(H,26,28)/b14-10+. The van der Waals surface area contributed by atoms with Crippen LogP contribution in [0.2, 0.25) is 0 Å². The SMILES string of the molecule is O=C(/C=C/c1ccc(-c2ccccc2F)o1)NCc1ccc(S(=O)(=O)N2CCCC2)cc1. The average Bonchev–Trinajstić information content (AvgIpc) is 3.50. The molecule has 2 aromatic carbocycles. The van der Waals surface area contributed by atoms with Crippen molar-refractivity contribution in [2.45, 2.75) is 24.3 Å². The molecule has 1 N–H and O–H groups in total. The fourth-order valence-corrected chi connectivity index (χ4v) is 5.03. The highest BCUT2D eigenvalue weighted by Gasteiger charge is 2.26. The molecule has 2 heterocycles. The summed E-state index contributed by atoms with van der Waals surface area (Å²) in [6.07, 6.45) is 4.61. The van der Waals surface area contributed by atoms with Gasteiger partial charge in [0.1, 0.15) is 17.3 Å². The van der Waals surface area contributed by atoms with Gasteiger partial charge < -0.3 is 9.73 Å². The van der Waals surface area contributed by atoms with Crippen LogP contribution in [0, 0.1) is 5.82 Å². The van der Waals surface area contributed by atoms with Crippen molar-refractivity contribution in [3.63, 3.8) is 0 Å². The lowest BCUT2D eigenvalue weighted by Crippen LogP contribution is -2.27. The number of sulfonamides is 1. The predicted molar refractivity (Wildman–Crippen MR) is 119 cm³/mol. The monoisotopic (exact) mass is 454 g/mol. The van der Waals surface area contributed by atoms with Gasteiger partial charge >= 0.3 is 0 Å². The number of nitrogens with one attached hydrogen (secondary N) is 1. The summed E-state index contributed by atoms with van der Waals surface area (Å²) in [5.41, 5.74) is 1.14. The number of rotatable bonds is 7. The van der Waals surface area contributed by atoms with Gasteiger partial charge in [-0.1, -0.05) is 24.3 Å². The lowest BCUT2D eigenvalue weighted by atomic mass is 10.1. The number of hydrogen-bond acceptors (Lipinski definition) is 4. The van der Waals surface area contributed by atoms with Gasteiger partial charge in [-0.15, -0.1) is 0 Å². The molecular formula is C24H23FN2O4S. The first-order valence-electron chi connectivity index (χ1n) is 10.3. The van der Waals surface area contributed by atoms with Crippen molar-refractivity contribution in [2.75, 3.05) is 13.1 Å². The van der Waals surface area contributed by atoms with Crippen LogP contribution in [0.25, 0.3) is 17.4 Å². The highest BCUT2D eigenvalue weighted by molar-refractivity contribution is 7.89. The third-order valence-corrected chi connectivity index (χ3v) is 7.17. The minimum absolute atomic E-state index is 0.256. The molecule has 0 unspecified atom stereocenters. The Balaban J connectivity index is 1.32. The van der Waals surface area contributed by atoms with Gasteiger partial charge in [0.05, 0.1) is 10.5 Å². The molecule has 0 spiro atoms. The Morgan fingerprint density at radius 2 is 1.75 bits per heavy atom. The molecule has 0 aliphatic carbocycles. The zero-order valence-electron chi connectivity index (χ0n) is 17.3. The second kappa shape index (κ2) is 9.50. The molecule has 0 radical (unpaired) electrons. The van der Waals surface area contributed by atoms with Crippen LogP contribution in [-0.4, -0.2) is 31.7 Å². The van der Waals surface area contributed by atoms with Crippen molar-refractivity contribution >= 4 is 22.0 Å². The van der Waals surface area contributed by atoms with E-state index in [0.717, 1.165) is 18.4 Å². The molecule has 0 atom stereocenters. The van der Waals surface area contributed by atoms with Gasteiger partial charge in [-0.2, -0.15) is 4.31 Å². The van der Waals surface area contributed by atoms with Crippen LogP contribution in [-0.2, 0) is 21.4 Å². The Morgan fingerprint density at radius 1 is 1.03 bits per heavy atom. The van der Waals surface area contributed by atoms with Crippen LogP contribution >= 0.6 is 0 Å². The normalized spacial score (nSPS) is 14.8. The van der Waals surface area contributed by atoms with E-state index < -0.39 is 10.0 Å². The second-order valence-corrected chi connectivity index (χ2v) is 9.43. The molecule has 1 aliphatic rings. The van der Waals surface area contributed by atoms with Gasteiger partial charge in [0, 0.05) is 25.7 Å². The van der Waals surface area contributed by atoms with Crippen LogP contribution in [0.3, 0.4) is 0 Å². The number of carbonyl (C=O) groups excluding carboxylic acids is 1. The number of nitrogens with zero attached hydrogens (tertiary/aromatic N) is 1. The first kappa shape index (κ1) is 22.0. The molecular weight excluding hydrogens is 431 g/mol. The molecule has 3 aromatic rings. The topological polar surface area (TPSA) is 79.6 Å². The Bertz CT molecular complexity index is 1230. The minimum atomic E-state index is -3.45. The lowest BCUT2D eigenvalue weighted by molar-refractivity contribution is -0.116. The molecule has 1 saturated heterocycles. The number of halogens is 1. The maximum absolute atomic E-state index is 13.9. The van der Waals surface area contributed by atoms with Crippen LogP contribution in [0.5, 0.6) is 0 Å². The van der Waals surface area contributed by atoms with Crippen LogP contribution in [0.4, 0.5) is 4.39 Å². The molecule has 32 heavy (non-hydrogen) atoms. The number of benzene rings is 2. The molecule has 1 amide bonds. The van der Waals surface area contributed by atoms with E-state index in [4.69, 9.17) is 4.42 Å². The van der Waals surface area contributed by atoms with Gasteiger partial charge in [0.25, 0.3) is 0 Å². The highest BCUT2D eigenvalue weighted by atomic mass is 32.2. The third kappa shape index (κ3) is 4.98. The number of hydrogen-bond donors (Lipinski definition) is 1. The van der Waals surface area contributed by atoms with E-state index in [9.17, 15) is 17.6 Å². The minimum Gasteiger partial charge on any atom is -0.457 e. The predicted octanol–water partition coefficient (Wildman–Crippen LogP) is 4.20. The molecule has 166 valence electrons. The van der Waals surface area contributed by atoms with Crippen molar-refractivity contribution in [1.82, 2.24) is 9.62 Å². The van der Waals surface area contributed by atoms with Gasteiger partial charge in [-0.25, -0.2) is 12.8 Å². The van der Waals surface area contributed by atoms with Gasteiger partial charge in [-0.3, -0.25) is 4.79 Å². The summed E-state index contributed by atoms with van der Waals surface area (Å²) in [5, 5.41) is 2.74. The van der Waals surface area contributed by atoms with Crippen molar-refractivity contribution in [3.05, 3.63) is 83.9 Å². The second-order valence-electron chi connectivity index (χ2n) is 7.49. The molecule has 1 aromatic heterocycles. The Hall–Kier alpha value is -3.23. The largest absolute Gasteiger partial charge is 0.457 e. The van der Waals surface area contributed by atoms with E-state index in [1.807, 2.05) is 0 Å². The molecule has 1 aliphatic heterocycles. The number of furan rings is 1. The van der Waals surface area contributed by atoms with E-state index in [1.54, 1.807) is 54.6 Å². The Morgan fingerprint density at radius 3 is 2.47 bits per heavy atom. The van der Waals surface area contributed by atoms with Gasteiger partial charge in [0.15, 0.2) is 0 Å². The fourth-order valence-electron chi connectivity index (χ4n) is 3.51. The third-order valence-electron chi connectivity index (χ3n) is 5.26. The van der Waals surface area contributed by atoms with E-state index >= 15 is 0 Å². The van der Waals surface area contributed by atoms with Crippen LogP contribution < -0.4 is 5.32 Å². The van der Waals surface area contributed by atoms with E-state index in [1.165, 1.54) is 22.5 Å². The maximum atomic E-state index is 13.9. The Kier molecular flexibility index (Phi) is 6.53. The summed E-state index contributed by atoms with van der Waals surface area (Å²) >= 11 is 0. The maximum Gasteiger partial charge on any atom is 0.244 e. The van der Waals surface area contributed by atoms with Gasteiger partial charge in [0.2, 0.25) is 15.9 Å². The van der Waals surface area contributed by atoms with Crippen LogP contribution in [0.15, 0.2) is 76.1 Å². The Labute approximate surface area is 186 Å². The van der Waals surface area contributed by atoms with E-state index in [0.29, 0.717) is 30.2 Å². The summed E-state index contributed by atoms with van der Waals surface area (Å²) < 4.78 is 46.1.